The highest BCUT2D eigenvalue weighted by atomic mass is 32.2. The van der Waals surface area contributed by atoms with Crippen molar-refractivity contribution in [2.75, 3.05) is 20.7 Å². The lowest BCUT2D eigenvalue weighted by Gasteiger charge is -2.42. The van der Waals surface area contributed by atoms with Crippen molar-refractivity contribution in [3.05, 3.63) is 35.9 Å². The van der Waals surface area contributed by atoms with E-state index in [2.05, 4.69) is 5.32 Å². The molecule has 1 aromatic rings. The number of ether oxygens (including phenoxy) is 1. The molecule has 1 heterocycles. The third kappa shape index (κ3) is 4.90. The molecule has 0 unspecified atom stereocenters. The minimum Gasteiger partial charge on any atom is -0.394 e. The topological polar surface area (TPSA) is 102 Å². The summed E-state index contributed by atoms with van der Waals surface area (Å²) in [6.07, 6.45) is -3.58. The van der Waals surface area contributed by atoms with Crippen LogP contribution in [0.3, 0.4) is 0 Å². The van der Waals surface area contributed by atoms with Crippen LogP contribution in [0.5, 0.6) is 0 Å². The fourth-order valence-electron chi connectivity index (χ4n) is 2.37. The molecule has 0 saturated carbocycles. The molecule has 1 saturated heterocycles. The van der Waals surface area contributed by atoms with Crippen LogP contribution in [-0.2, 0) is 4.74 Å². The second kappa shape index (κ2) is 8.93. The standard InChI is InChI=1S/C16H22N2O5S2/c1-18(2)16(24)25-15-11(13(21)12(20)10(8-19)23-15)17-14(22)9-6-4-3-5-7-9/h3-7,10-13,15,19-21H,8H2,1-2H3,(H,17,22)/t10-,11-,12-,13-,15+/m1/s1. The molecule has 2 rings (SSSR count). The Kier molecular flexibility index (Phi) is 7.17. The van der Waals surface area contributed by atoms with Crippen LogP contribution in [0.1, 0.15) is 10.4 Å². The van der Waals surface area contributed by atoms with Gasteiger partial charge in [0.1, 0.15) is 28.1 Å². The van der Waals surface area contributed by atoms with Gasteiger partial charge >= 0.3 is 0 Å². The van der Waals surface area contributed by atoms with Crippen molar-refractivity contribution < 1.29 is 24.9 Å². The number of hydrogen-bond acceptors (Lipinski definition) is 7. The molecule has 0 bridgehead atoms. The zero-order chi connectivity index (χ0) is 18.6. The van der Waals surface area contributed by atoms with Gasteiger partial charge in [0.25, 0.3) is 5.91 Å². The molecule has 0 radical (unpaired) electrons. The number of benzene rings is 1. The maximum Gasteiger partial charge on any atom is 0.251 e. The number of aliphatic hydroxyl groups excluding tert-OH is 3. The summed E-state index contributed by atoms with van der Waals surface area (Å²) in [4.78, 5) is 14.1. The molecule has 0 aromatic heterocycles. The van der Waals surface area contributed by atoms with Crippen LogP contribution in [0.2, 0.25) is 0 Å². The van der Waals surface area contributed by atoms with E-state index in [-0.39, 0.29) is 0 Å². The highest BCUT2D eigenvalue weighted by molar-refractivity contribution is 8.23. The molecule has 7 nitrogen and oxygen atoms in total. The minimum atomic E-state index is -1.32. The molecule has 9 heteroatoms. The van der Waals surface area contributed by atoms with Crippen molar-refractivity contribution in [3.63, 3.8) is 0 Å². The molecule has 1 aliphatic heterocycles. The monoisotopic (exact) mass is 386 g/mol. The van der Waals surface area contributed by atoms with Crippen LogP contribution in [0.15, 0.2) is 30.3 Å². The van der Waals surface area contributed by atoms with Gasteiger partial charge in [0, 0.05) is 19.7 Å². The highest BCUT2D eigenvalue weighted by Gasteiger charge is 2.45. The van der Waals surface area contributed by atoms with Gasteiger partial charge < -0.3 is 30.3 Å². The third-order valence-electron chi connectivity index (χ3n) is 3.80. The summed E-state index contributed by atoms with van der Waals surface area (Å²) in [5, 5.41) is 32.6. The Morgan fingerprint density at radius 2 is 1.92 bits per heavy atom. The lowest BCUT2D eigenvalue weighted by Crippen LogP contribution is -2.63. The van der Waals surface area contributed by atoms with Gasteiger partial charge in [-0.15, -0.1) is 0 Å². The summed E-state index contributed by atoms with van der Waals surface area (Å²) in [7, 11) is 3.54. The zero-order valence-corrected chi connectivity index (χ0v) is 15.5. The van der Waals surface area contributed by atoms with Gasteiger partial charge in [-0.3, -0.25) is 4.79 Å². The Hall–Kier alpha value is -1.23. The predicted molar refractivity (Wildman–Crippen MR) is 99.3 cm³/mol. The Balaban J connectivity index is 2.19. The van der Waals surface area contributed by atoms with E-state index in [0.717, 1.165) is 11.8 Å². The number of nitrogens with zero attached hydrogens (tertiary/aromatic N) is 1. The van der Waals surface area contributed by atoms with E-state index in [1.807, 2.05) is 0 Å². The van der Waals surface area contributed by atoms with Crippen LogP contribution in [0.4, 0.5) is 0 Å². The van der Waals surface area contributed by atoms with Crippen molar-refractivity contribution >= 4 is 34.2 Å². The van der Waals surface area contributed by atoms with Crippen LogP contribution >= 0.6 is 24.0 Å². The zero-order valence-electron chi connectivity index (χ0n) is 13.9. The van der Waals surface area contributed by atoms with Crippen molar-refractivity contribution in [2.45, 2.75) is 29.8 Å². The lowest BCUT2D eigenvalue weighted by atomic mass is 9.98. The van der Waals surface area contributed by atoms with Crippen LogP contribution in [0.25, 0.3) is 0 Å². The van der Waals surface area contributed by atoms with E-state index < -0.39 is 42.3 Å². The first-order valence-electron chi connectivity index (χ1n) is 7.71. The van der Waals surface area contributed by atoms with Crippen LogP contribution in [0, 0.1) is 0 Å². The largest absolute Gasteiger partial charge is 0.394 e. The van der Waals surface area contributed by atoms with Crippen molar-refractivity contribution in [2.24, 2.45) is 0 Å². The molecule has 0 aliphatic carbocycles. The first kappa shape index (κ1) is 20.1. The summed E-state index contributed by atoms with van der Waals surface area (Å²) < 4.78 is 6.15. The molecule has 5 atom stereocenters. The quantitative estimate of drug-likeness (QED) is 0.528. The van der Waals surface area contributed by atoms with Gasteiger partial charge in [-0.1, -0.05) is 42.2 Å². The first-order chi connectivity index (χ1) is 11.8. The number of carbonyl (C=O) groups excluding carboxylic acids is 1. The molecule has 1 aliphatic rings. The van der Waals surface area contributed by atoms with Crippen molar-refractivity contribution in [1.29, 1.82) is 0 Å². The summed E-state index contributed by atoms with van der Waals surface area (Å²) >= 11 is 6.39. The Morgan fingerprint density at radius 3 is 2.48 bits per heavy atom. The Bertz CT molecular complexity index is 601. The maximum atomic E-state index is 12.4. The summed E-state index contributed by atoms with van der Waals surface area (Å²) in [5.41, 5.74) is -0.328. The molecular formula is C16H22N2O5S2. The van der Waals surface area contributed by atoms with Gasteiger partial charge in [0.05, 0.1) is 12.6 Å². The predicted octanol–water partition coefficient (Wildman–Crippen LogP) is -0.196. The van der Waals surface area contributed by atoms with Gasteiger partial charge in [0.15, 0.2) is 0 Å². The average Bonchev–Trinajstić information content (AvgIpc) is 2.61. The minimum absolute atomic E-state index is 0.399. The summed E-state index contributed by atoms with van der Waals surface area (Å²) in [5.74, 6) is -0.399. The lowest BCUT2D eigenvalue weighted by molar-refractivity contribution is -0.169. The number of thioether (sulfide) groups is 1. The van der Waals surface area contributed by atoms with Gasteiger partial charge in [-0.2, -0.15) is 0 Å². The normalized spacial score (nSPS) is 29.1. The van der Waals surface area contributed by atoms with Crippen LogP contribution < -0.4 is 5.32 Å². The van der Waals surface area contributed by atoms with Gasteiger partial charge in [-0.25, -0.2) is 0 Å². The maximum absolute atomic E-state index is 12.4. The molecule has 25 heavy (non-hydrogen) atoms. The average molecular weight is 386 g/mol. The van der Waals surface area contributed by atoms with E-state index in [1.165, 1.54) is 0 Å². The molecule has 1 fully saturated rings. The fourth-order valence-corrected chi connectivity index (χ4v) is 3.63. The molecule has 138 valence electrons. The van der Waals surface area contributed by atoms with E-state index in [4.69, 9.17) is 17.0 Å². The van der Waals surface area contributed by atoms with E-state index in [0.29, 0.717) is 9.88 Å². The second-order valence-corrected chi connectivity index (χ2v) is 7.58. The molecule has 4 N–H and O–H groups in total. The number of carbonyl (C=O) groups is 1. The highest BCUT2D eigenvalue weighted by Crippen LogP contribution is 2.30. The number of amides is 1. The number of rotatable bonds is 4. The third-order valence-corrected chi connectivity index (χ3v) is 5.65. The molecule has 1 aromatic carbocycles. The van der Waals surface area contributed by atoms with E-state index in [9.17, 15) is 20.1 Å². The SMILES string of the molecule is CN(C)C(=S)S[C@@H]1O[C@H](CO)[C@@H](O)[C@H](O)[C@H]1NC(=O)c1ccccc1. The summed E-state index contributed by atoms with van der Waals surface area (Å²) in [6, 6.07) is 7.64. The van der Waals surface area contributed by atoms with Crippen molar-refractivity contribution in [1.82, 2.24) is 10.2 Å². The van der Waals surface area contributed by atoms with E-state index >= 15 is 0 Å². The number of nitrogens with one attached hydrogen (secondary N) is 1. The summed E-state index contributed by atoms with van der Waals surface area (Å²) in [6.45, 7) is -0.455. The van der Waals surface area contributed by atoms with Gasteiger partial charge in [-0.05, 0) is 12.1 Å². The van der Waals surface area contributed by atoms with E-state index in [1.54, 1.807) is 49.3 Å². The molecule has 1 amide bonds. The molecular weight excluding hydrogens is 364 g/mol. The Morgan fingerprint density at radius 1 is 1.28 bits per heavy atom. The van der Waals surface area contributed by atoms with Crippen molar-refractivity contribution in [3.8, 4) is 0 Å². The number of thiocarbonyl (C=S) groups is 1. The fraction of sp³-hybridized carbons (Fsp3) is 0.500. The number of hydrogen-bond donors (Lipinski definition) is 4. The smallest absolute Gasteiger partial charge is 0.251 e. The first-order valence-corrected chi connectivity index (χ1v) is 9.00. The van der Waals surface area contributed by atoms with Gasteiger partial charge in [0.2, 0.25) is 0 Å². The molecule has 0 spiro atoms. The van der Waals surface area contributed by atoms with Crippen LogP contribution in [-0.4, -0.2) is 80.9 Å². The number of aliphatic hydroxyl groups is 3. The Labute approximate surface area is 156 Å². The second-order valence-electron chi connectivity index (χ2n) is 5.85.